The van der Waals surface area contributed by atoms with Gasteiger partial charge in [0, 0.05) is 12.4 Å². The number of carbonyl (C=O) groups is 2. The van der Waals surface area contributed by atoms with Crippen LogP contribution in [0.3, 0.4) is 0 Å². The number of hydrogen-bond acceptors (Lipinski definition) is 8. The van der Waals surface area contributed by atoms with Crippen molar-refractivity contribution < 1.29 is 28.5 Å². The highest BCUT2D eigenvalue weighted by atomic mass is 16.5. The fraction of sp³-hybridized carbons (Fsp3) is 0.294. The number of amides is 1. The van der Waals surface area contributed by atoms with Crippen LogP contribution >= 0.6 is 0 Å². The summed E-state index contributed by atoms with van der Waals surface area (Å²) in [6.07, 6.45) is 1.90. The average Bonchev–Trinajstić information content (AvgIpc) is 2.67. The highest BCUT2D eigenvalue weighted by Crippen LogP contribution is 2.38. The van der Waals surface area contributed by atoms with E-state index in [1.807, 2.05) is 0 Å². The first kappa shape index (κ1) is 19.0. The second kappa shape index (κ2) is 8.65. The van der Waals surface area contributed by atoms with Crippen molar-refractivity contribution in [3.63, 3.8) is 0 Å². The van der Waals surface area contributed by atoms with Crippen LogP contribution in [0.25, 0.3) is 0 Å². The lowest BCUT2D eigenvalue weighted by molar-refractivity contribution is -0.123. The Morgan fingerprint density at radius 2 is 1.58 bits per heavy atom. The maximum absolute atomic E-state index is 12.4. The van der Waals surface area contributed by atoms with Crippen LogP contribution in [0.5, 0.6) is 17.2 Å². The molecule has 26 heavy (non-hydrogen) atoms. The fourth-order valence-electron chi connectivity index (χ4n) is 2.06. The van der Waals surface area contributed by atoms with E-state index in [1.165, 1.54) is 52.8 Å². The van der Waals surface area contributed by atoms with Gasteiger partial charge in [-0.25, -0.2) is 14.8 Å². The zero-order valence-corrected chi connectivity index (χ0v) is 14.8. The van der Waals surface area contributed by atoms with E-state index in [-0.39, 0.29) is 11.5 Å². The molecule has 0 radical (unpaired) electrons. The summed E-state index contributed by atoms with van der Waals surface area (Å²) in [6, 6.07) is 4.49. The standard InChI is InChI=1S/C17H19N3O6/c1-10(15(21)20-17-18-6-5-7-19-17)26-16(22)11-8-12(23-2)14(25-4)13(9-11)24-3/h5-10H,1-4H3,(H,18,19,20,21). The summed E-state index contributed by atoms with van der Waals surface area (Å²) in [4.78, 5) is 32.2. The number of nitrogens with one attached hydrogen (secondary N) is 1. The van der Waals surface area contributed by atoms with Crippen molar-refractivity contribution in [3.8, 4) is 17.2 Å². The van der Waals surface area contributed by atoms with Crippen LogP contribution in [0.1, 0.15) is 17.3 Å². The Bertz CT molecular complexity index is 756. The third-order valence-electron chi connectivity index (χ3n) is 3.35. The molecule has 1 N–H and O–H groups in total. The highest BCUT2D eigenvalue weighted by molar-refractivity contribution is 5.97. The third kappa shape index (κ3) is 4.38. The Hall–Kier alpha value is -3.36. The first-order valence-corrected chi connectivity index (χ1v) is 7.59. The molecule has 1 aromatic carbocycles. The Morgan fingerprint density at radius 1 is 1.00 bits per heavy atom. The Labute approximate surface area is 150 Å². The molecule has 0 spiro atoms. The van der Waals surface area contributed by atoms with Crippen LogP contribution in [-0.2, 0) is 9.53 Å². The summed E-state index contributed by atoms with van der Waals surface area (Å²) in [5.41, 5.74) is 0.148. The van der Waals surface area contributed by atoms with Gasteiger partial charge < -0.3 is 18.9 Å². The number of rotatable bonds is 7. The Morgan fingerprint density at radius 3 is 2.08 bits per heavy atom. The zero-order chi connectivity index (χ0) is 19.1. The molecule has 1 amide bonds. The first-order valence-electron chi connectivity index (χ1n) is 7.59. The van der Waals surface area contributed by atoms with Gasteiger partial charge in [0.05, 0.1) is 26.9 Å². The molecular formula is C17H19N3O6. The monoisotopic (exact) mass is 361 g/mol. The summed E-state index contributed by atoms with van der Waals surface area (Å²) in [5.74, 6) is -0.216. The molecule has 1 heterocycles. The lowest BCUT2D eigenvalue weighted by Gasteiger charge is -2.15. The van der Waals surface area contributed by atoms with Gasteiger partial charge >= 0.3 is 5.97 Å². The van der Waals surface area contributed by atoms with Gasteiger partial charge in [-0.15, -0.1) is 0 Å². The van der Waals surface area contributed by atoms with Gasteiger partial charge in [-0.3, -0.25) is 10.1 Å². The van der Waals surface area contributed by atoms with E-state index >= 15 is 0 Å². The normalized spacial score (nSPS) is 11.2. The molecule has 0 bridgehead atoms. The molecule has 138 valence electrons. The molecule has 1 unspecified atom stereocenters. The van der Waals surface area contributed by atoms with Crippen molar-refractivity contribution in [1.82, 2.24) is 9.97 Å². The number of esters is 1. The van der Waals surface area contributed by atoms with E-state index < -0.39 is 18.0 Å². The molecule has 0 saturated carbocycles. The molecule has 0 aliphatic rings. The third-order valence-corrected chi connectivity index (χ3v) is 3.35. The molecule has 0 saturated heterocycles. The first-order chi connectivity index (χ1) is 12.5. The number of anilines is 1. The molecule has 0 aliphatic heterocycles. The predicted octanol–water partition coefficient (Wildman–Crippen LogP) is 1.69. The summed E-state index contributed by atoms with van der Waals surface area (Å²) in [7, 11) is 4.32. The van der Waals surface area contributed by atoms with Crippen molar-refractivity contribution in [2.24, 2.45) is 0 Å². The summed E-state index contributed by atoms with van der Waals surface area (Å²) in [6.45, 7) is 1.44. The second-order valence-corrected chi connectivity index (χ2v) is 5.02. The SMILES string of the molecule is COc1cc(C(=O)OC(C)C(=O)Nc2ncccn2)cc(OC)c1OC. The Balaban J connectivity index is 2.12. The molecule has 9 heteroatoms. The highest BCUT2D eigenvalue weighted by Gasteiger charge is 2.22. The molecule has 0 fully saturated rings. The molecule has 2 aromatic rings. The van der Waals surface area contributed by atoms with E-state index in [0.29, 0.717) is 17.2 Å². The number of ether oxygens (including phenoxy) is 4. The molecule has 9 nitrogen and oxygen atoms in total. The summed E-state index contributed by atoms with van der Waals surface area (Å²) >= 11 is 0. The minimum atomic E-state index is -1.06. The molecule has 0 aliphatic carbocycles. The van der Waals surface area contributed by atoms with Gasteiger partial charge in [0.25, 0.3) is 5.91 Å². The number of methoxy groups -OCH3 is 3. The van der Waals surface area contributed by atoms with Crippen LogP contribution in [0.2, 0.25) is 0 Å². The van der Waals surface area contributed by atoms with Crippen molar-refractivity contribution in [3.05, 3.63) is 36.2 Å². The molecule has 2 rings (SSSR count). The maximum Gasteiger partial charge on any atom is 0.339 e. The van der Waals surface area contributed by atoms with E-state index in [2.05, 4.69) is 15.3 Å². The zero-order valence-electron chi connectivity index (χ0n) is 14.8. The van der Waals surface area contributed by atoms with Gasteiger partial charge in [-0.2, -0.15) is 0 Å². The van der Waals surface area contributed by atoms with Crippen molar-refractivity contribution >= 4 is 17.8 Å². The van der Waals surface area contributed by atoms with Gasteiger partial charge in [0.2, 0.25) is 11.7 Å². The van der Waals surface area contributed by atoms with Gasteiger partial charge in [-0.1, -0.05) is 0 Å². The van der Waals surface area contributed by atoms with E-state index in [0.717, 1.165) is 0 Å². The summed E-state index contributed by atoms with van der Waals surface area (Å²) < 4.78 is 20.8. The van der Waals surface area contributed by atoms with E-state index in [1.54, 1.807) is 6.07 Å². The number of hydrogen-bond donors (Lipinski definition) is 1. The van der Waals surface area contributed by atoms with Crippen LogP contribution in [0.15, 0.2) is 30.6 Å². The van der Waals surface area contributed by atoms with Crippen molar-refractivity contribution in [1.29, 1.82) is 0 Å². The lowest BCUT2D eigenvalue weighted by Crippen LogP contribution is -2.30. The summed E-state index contributed by atoms with van der Waals surface area (Å²) in [5, 5.41) is 2.45. The number of aromatic nitrogens is 2. The second-order valence-electron chi connectivity index (χ2n) is 5.02. The topological polar surface area (TPSA) is 109 Å². The minimum absolute atomic E-state index is 0.119. The smallest absolute Gasteiger partial charge is 0.339 e. The predicted molar refractivity (Wildman–Crippen MR) is 91.6 cm³/mol. The number of carbonyl (C=O) groups excluding carboxylic acids is 2. The van der Waals surface area contributed by atoms with Crippen LogP contribution in [-0.4, -0.2) is 49.3 Å². The molecule has 1 atom stereocenters. The van der Waals surface area contributed by atoms with Crippen LogP contribution in [0.4, 0.5) is 5.95 Å². The van der Waals surface area contributed by atoms with Crippen LogP contribution < -0.4 is 19.5 Å². The van der Waals surface area contributed by atoms with Gasteiger partial charge in [-0.05, 0) is 25.1 Å². The van der Waals surface area contributed by atoms with E-state index in [4.69, 9.17) is 18.9 Å². The van der Waals surface area contributed by atoms with Gasteiger partial charge in [0.15, 0.2) is 17.6 Å². The fourth-order valence-corrected chi connectivity index (χ4v) is 2.06. The Kier molecular flexibility index (Phi) is 6.31. The van der Waals surface area contributed by atoms with Crippen LogP contribution in [0, 0.1) is 0 Å². The number of nitrogens with zero attached hydrogens (tertiary/aromatic N) is 2. The van der Waals surface area contributed by atoms with Crippen molar-refractivity contribution in [2.45, 2.75) is 13.0 Å². The number of benzene rings is 1. The van der Waals surface area contributed by atoms with Gasteiger partial charge in [0.1, 0.15) is 0 Å². The molecular weight excluding hydrogens is 342 g/mol. The van der Waals surface area contributed by atoms with E-state index in [9.17, 15) is 9.59 Å². The molecule has 1 aromatic heterocycles. The largest absolute Gasteiger partial charge is 0.493 e. The average molecular weight is 361 g/mol. The van der Waals surface area contributed by atoms with Crippen molar-refractivity contribution in [2.75, 3.05) is 26.6 Å². The minimum Gasteiger partial charge on any atom is -0.493 e. The maximum atomic E-state index is 12.4. The quantitative estimate of drug-likeness (QED) is 0.742. The lowest BCUT2D eigenvalue weighted by atomic mass is 10.2.